The van der Waals surface area contributed by atoms with Crippen LogP contribution in [0.15, 0.2) is 69.0 Å². The molecule has 356 valence electrons. The largest absolute Gasteiger partial charge is 2.00 e. The molecular weight excluding hydrogens is 1010 g/mol. The molecule has 25 heteroatoms. The Morgan fingerprint density at radius 2 is 1.00 bits per heavy atom. The number of hydrogen-bond donors (Lipinski definition) is 0. The fourth-order valence-electron chi connectivity index (χ4n) is 8.68. The molecule has 0 atom stereocenters. The SMILES string of the molecule is Cc1ccc2nc(N=Nc3cc4c5c(c3[N-]S(=O)(=O)C(F)(F)F)CCCN5CCC4)sc2c1.Cc1ccc2sc(N=Nc3cc4c5c(c3[N-]S(=O)(=O)C(F)(F)F)CCCN5CCC4)nc2c1.[Ni+2]. The van der Waals surface area contributed by atoms with Gasteiger partial charge in [0.15, 0.2) is 20.0 Å². The molecule has 0 aliphatic carbocycles. The van der Waals surface area contributed by atoms with Gasteiger partial charge in [-0.05, 0) is 135 Å². The minimum atomic E-state index is -5.74. The first-order valence-corrected chi connectivity index (χ1v) is 25.3. The fraction of sp³-hybridized carbons (Fsp3) is 0.381. The molecule has 67 heavy (non-hydrogen) atoms. The predicted octanol–water partition coefficient (Wildman–Crippen LogP) is 13.1. The second-order valence-electron chi connectivity index (χ2n) is 16.2. The van der Waals surface area contributed by atoms with Gasteiger partial charge in [-0.2, -0.15) is 26.3 Å². The van der Waals surface area contributed by atoms with Gasteiger partial charge in [-0.1, -0.05) is 46.2 Å². The van der Waals surface area contributed by atoms with E-state index in [1.807, 2.05) is 50.2 Å². The first-order chi connectivity index (χ1) is 31.2. The average molecular weight is 1050 g/mol. The van der Waals surface area contributed by atoms with Gasteiger partial charge in [-0.3, -0.25) is 0 Å². The van der Waals surface area contributed by atoms with Crippen LogP contribution in [0.25, 0.3) is 29.9 Å². The van der Waals surface area contributed by atoms with Gasteiger partial charge in [-0.15, -0.1) is 20.5 Å². The Morgan fingerprint density at radius 1 is 0.567 bits per heavy atom. The number of thiazole rings is 2. The monoisotopic (exact) mass is 1050 g/mol. The van der Waals surface area contributed by atoms with E-state index < -0.39 is 31.1 Å². The maximum atomic E-state index is 13.2. The number of fused-ring (bicyclic) bond motifs is 2. The van der Waals surface area contributed by atoms with Gasteiger partial charge >= 0.3 is 27.5 Å². The summed E-state index contributed by atoms with van der Waals surface area (Å²) >= 11 is 2.59. The number of rotatable bonds is 8. The molecule has 2 aromatic heterocycles. The maximum absolute atomic E-state index is 13.2. The zero-order chi connectivity index (χ0) is 46.8. The molecule has 0 amide bonds. The molecule has 0 radical (unpaired) electrons. The van der Waals surface area contributed by atoms with E-state index in [0.29, 0.717) is 47.1 Å². The van der Waals surface area contributed by atoms with Gasteiger partial charge < -0.3 is 19.2 Å². The smallest absolute Gasteiger partial charge is 0.567 e. The Balaban J connectivity index is 0.000000179. The van der Waals surface area contributed by atoms with E-state index in [0.717, 1.165) is 106 Å². The summed E-state index contributed by atoms with van der Waals surface area (Å²) in [5.74, 6) is 0. The van der Waals surface area contributed by atoms with Gasteiger partial charge in [0.1, 0.15) is 0 Å². The van der Waals surface area contributed by atoms with E-state index in [2.05, 4.69) is 49.7 Å². The number of azo groups is 2. The molecule has 0 saturated carbocycles. The first kappa shape index (κ1) is 48.5. The Hall–Kier alpha value is -4.97. The predicted molar refractivity (Wildman–Crippen MR) is 244 cm³/mol. The number of anilines is 2. The summed E-state index contributed by atoms with van der Waals surface area (Å²) in [7, 11) is -11.5. The van der Waals surface area contributed by atoms with Crippen molar-refractivity contribution in [3.63, 3.8) is 0 Å². The summed E-state index contributed by atoms with van der Waals surface area (Å²) in [6, 6.07) is 14.7. The molecule has 6 heterocycles. The van der Waals surface area contributed by atoms with Crippen molar-refractivity contribution in [2.24, 2.45) is 20.5 Å². The number of benzene rings is 4. The number of nitrogens with zero attached hydrogens (tertiary/aromatic N) is 10. The van der Waals surface area contributed by atoms with Crippen molar-refractivity contribution in [1.29, 1.82) is 0 Å². The van der Waals surface area contributed by atoms with E-state index >= 15 is 0 Å². The number of sulfonamides is 2. The molecule has 0 saturated heterocycles. The van der Waals surface area contributed by atoms with Crippen molar-refractivity contribution in [3.05, 3.63) is 91.4 Å². The summed E-state index contributed by atoms with van der Waals surface area (Å²) in [6.45, 7) is 7.00. The number of aryl methyl sites for hydroxylation is 4. The maximum Gasteiger partial charge on any atom is 2.00 e. The molecule has 0 bridgehead atoms. The number of hydrogen-bond acceptors (Lipinski definition) is 14. The van der Waals surface area contributed by atoms with Gasteiger partial charge in [0.2, 0.25) is 10.3 Å². The van der Waals surface area contributed by atoms with Gasteiger partial charge in [-0.25, -0.2) is 26.8 Å². The summed E-state index contributed by atoms with van der Waals surface area (Å²) in [6.07, 6.45) is 5.50. The Kier molecular flexibility index (Phi) is 13.4. The van der Waals surface area contributed by atoms with Crippen molar-refractivity contribution in [3.8, 4) is 0 Å². The van der Waals surface area contributed by atoms with Crippen LogP contribution in [0, 0.1) is 13.8 Å². The van der Waals surface area contributed by atoms with E-state index in [-0.39, 0.29) is 39.2 Å². The number of halogens is 6. The zero-order valence-electron chi connectivity index (χ0n) is 35.4. The minimum absolute atomic E-state index is 0. The summed E-state index contributed by atoms with van der Waals surface area (Å²) < 4.78 is 135. The molecule has 10 rings (SSSR count). The third kappa shape index (κ3) is 9.84. The zero-order valence-corrected chi connectivity index (χ0v) is 39.7. The summed E-state index contributed by atoms with van der Waals surface area (Å²) in [4.78, 5) is 13.0. The fourth-order valence-corrected chi connectivity index (χ4v) is 11.4. The van der Waals surface area contributed by atoms with E-state index in [1.54, 1.807) is 12.1 Å². The second kappa shape index (κ2) is 18.5. The van der Waals surface area contributed by atoms with Gasteiger partial charge in [0.05, 0.1) is 31.8 Å². The molecular formula is C42H38F6N10NiO4S4. The van der Waals surface area contributed by atoms with Crippen LogP contribution in [0.3, 0.4) is 0 Å². The van der Waals surface area contributed by atoms with Crippen molar-refractivity contribution in [1.82, 2.24) is 9.97 Å². The standard InChI is InChI=1S/2C21H19F3N5O2S2.Ni/c1-12-6-7-17-15(10-12)25-20(32-17)27-26-16-11-13-4-2-8-29-9-3-5-14(19(13)29)18(16)28-33(30,31)21(22,23)24;1-12-6-7-15-17(10-12)32-20(25-15)27-26-16-11-13-4-2-8-29-9-3-5-14(19(13)29)18(16)28-33(30,31)21(22,23)24;/h2*6-7,10-11H,2-5,8-9H2,1H3;/q2*-1;+2. The molecule has 4 aromatic carbocycles. The quantitative estimate of drug-likeness (QED) is 0.0821. The average Bonchev–Trinajstić information content (AvgIpc) is 3.86. The molecule has 4 aliphatic rings. The normalized spacial score (nSPS) is 16.2. The van der Waals surface area contributed by atoms with Crippen LogP contribution in [-0.4, -0.2) is 64.0 Å². The Bertz CT molecular complexity index is 2980. The van der Waals surface area contributed by atoms with Crippen LogP contribution in [0.2, 0.25) is 0 Å². The Labute approximate surface area is 399 Å². The van der Waals surface area contributed by atoms with Crippen LogP contribution in [0.4, 0.5) is 70.7 Å². The molecule has 0 unspecified atom stereocenters. The molecule has 0 spiro atoms. The second-order valence-corrected chi connectivity index (χ2v) is 21.4. The number of aromatic nitrogens is 2. The molecule has 4 aliphatic heterocycles. The van der Waals surface area contributed by atoms with Crippen molar-refractivity contribution >= 4 is 108 Å². The van der Waals surface area contributed by atoms with Crippen LogP contribution >= 0.6 is 22.7 Å². The summed E-state index contributed by atoms with van der Waals surface area (Å²) in [5, 5.41) is 17.2. The van der Waals surface area contributed by atoms with Gasteiger partial charge in [0, 0.05) is 37.6 Å². The van der Waals surface area contributed by atoms with Crippen molar-refractivity contribution in [2.75, 3.05) is 36.0 Å². The number of alkyl halides is 6. The molecule has 0 fully saturated rings. The minimum Gasteiger partial charge on any atom is -0.567 e. The van der Waals surface area contributed by atoms with E-state index in [1.165, 1.54) is 22.7 Å². The van der Waals surface area contributed by atoms with Gasteiger partial charge in [0.25, 0.3) is 0 Å². The molecule has 0 N–H and O–H groups in total. The van der Waals surface area contributed by atoms with E-state index in [9.17, 15) is 43.2 Å². The first-order valence-electron chi connectivity index (χ1n) is 20.8. The van der Waals surface area contributed by atoms with Crippen molar-refractivity contribution in [2.45, 2.75) is 76.2 Å². The summed E-state index contributed by atoms with van der Waals surface area (Å²) in [5.41, 5.74) is -3.55. The Morgan fingerprint density at radius 3 is 1.49 bits per heavy atom. The molecule has 14 nitrogen and oxygen atoms in total. The third-order valence-electron chi connectivity index (χ3n) is 11.5. The topological polar surface area (TPSA) is 178 Å². The van der Waals surface area contributed by atoms with Crippen LogP contribution in [0.1, 0.15) is 59.1 Å². The van der Waals surface area contributed by atoms with Crippen molar-refractivity contribution < 1.29 is 59.7 Å². The van der Waals surface area contributed by atoms with Crippen LogP contribution in [-0.2, 0) is 62.2 Å². The van der Waals surface area contributed by atoms with Crippen LogP contribution < -0.4 is 9.80 Å². The third-order valence-corrected chi connectivity index (χ3v) is 15.3. The van der Waals surface area contributed by atoms with E-state index in [4.69, 9.17) is 0 Å². The van der Waals surface area contributed by atoms with Crippen LogP contribution in [0.5, 0.6) is 0 Å². The molecule has 6 aromatic rings.